The van der Waals surface area contributed by atoms with Crippen LogP contribution in [0.15, 0.2) is 23.8 Å². The Balaban J connectivity index is 1.85. The molecule has 0 spiro atoms. The number of aliphatic hydroxyl groups is 1. The van der Waals surface area contributed by atoms with Crippen LogP contribution in [0, 0.1) is 28.6 Å². The van der Waals surface area contributed by atoms with Crippen LogP contribution in [0.3, 0.4) is 0 Å². The van der Waals surface area contributed by atoms with Crippen molar-refractivity contribution in [3.63, 3.8) is 0 Å². The molecule has 4 rings (SSSR count). The predicted octanol–water partition coefficient (Wildman–Crippen LogP) is 2.99. The lowest BCUT2D eigenvalue weighted by atomic mass is 9.44. The van der Waals surface area contributed by atoms with Gasteiger partial charge < -0.3 is 14.6 Å². The van der Waals surface area contributed by atoms with Crippen molar-refractivity contribution in [3.05, 3.63) is 23.8 Å². The standard InChI is InChI=1S/C26H32F2O7/c1-13-8-17-18-10-20(27)19-9-16(31)6-7-23(19,4)25(18,28)21(32)11-24(17,5)26(13,35-15(3)30)22(33)12-34-14(2)29/h6-7,9,13,17-18,20-21,32H,8,10-12H2,1-5H3/t13-,17-,18-,20-,21-,23-,24-,25-,26+/m0/s1. The molecule has 0 radical (unpaired) electrons. The molecule has 7 nitrogen and oxygen atoms in total. The van der Waals surface area contributed by atoms with Crippen LogP contribution in [-0.2, 0) is 28.7 Å². The van der Waals surface area contributed by atoms with Crippen molar-refractivity contribution in [2.45, 2.75) is 77.4 Å². The fourth-order valence-electron chi connectivity index (χ4n) is 7.89. The van der Waals surface area contributed by atoms with Crippen molar-refractivity contribution in [2.24, 2.45) is 28.6 Å². The Bertz CT molecular complexity index is 1050. The summed E-state index contributed by atoms with van der Waals surface area (Å²) in [6, 6.07) is 0. The lowest BCUT2D eigenvalue weighted by Gasteiger charge is -2.63. The molecule has 0 heterocycles. The van der Waals surface area contributed by atoms with Crippen LogP contribution in [0.4, 0.5) is 8.78 Å². The first kappa shape index (κ1) is 25.7. The number of ether oxygens (including phenoxy) is 2. The van der Waals surface area contributed by atoms with E-state index in [1.54, 1.807) is 13.8 Å². The molecule has 0 bridgehead atoms. The van der Waals surface area contributed by atoms with E-state index in [0.717, 1.165) is 19.9 Å². The van der Waals surface area contributed by atoms with Crippen molar-refractivity contribution in [2.75, 3.05) is 6.61 Å². The number of alkyl halides is 2. The maximum absolute atomic E-state index is 17.3. The summed E-state index contributed by atoms with van der Waals surface area (Å²) in [6.07, 6.45) is 0.118. The molecule has 4 aliphatic carbocycles. The Labute approximate surface area is 202 Å². The van der Waals surface area contributed by atoms with E-state index in [9.17, 15) is 24.3 Å². The van der Waals surface area contributed by atoms with Gasteiger partial charge in [-0.25, -0.2) is 8.78 Å². The number of allylic oxidation sites excluding steroid dienone is 4. The molecule has 0 saturated heterocycles. The zero-order chi connectivity index (χ0) is 26.1. The van der Waals surface area contributed by atoms with Crippen LogP contribution in [-0.4, -0.2) is 58.8 Å². The molecule has 0 aromatic carbocycles. The van der Waals surface area contributed by atoms with E-state index in [4.69, 9.17) is 9.47 Å². The third-order valence-electron chi connectivity index (χ3n) is 9.29. The number of esters is 2. The number of fused-ring (bicyclic) bond motifs is 5. The van der Waals surface area contributed by atoms with Crippen LogP contribution in [0.25, 0.3) is 0 Å². The average Bonchev–Trinajstić information content (AvgIpc) is 2.97. The minimum Gasteiger partial charge on any atom is -0.458 e. The first-order valence-electron chi connectivity index (χ1n) is 12.0. The number of ketones is 2. The maximum atomic E-state index is 17.3. The van der Waals surface area contributed by atoms with E-state index >= 15 is 8.78 Å². The number of carbonyl (C=O) groups excluding carboxylic acids is 4. The summed E-state index contributed by atoms with van der Waals surface area (Å²) < 4.78 is 43.5. The smallest absolute Gasteiger partial charge is 0.303 e. The number of Topliss-reactive ketones (excluding diaryl/α,β-unsaturated/α-hetero) is 1. The van der Waals surface area contributed by atoms with Crippen molar-refractivity contribution >= 4 is 23.5 Å². The van der Waals surface area contributed by atoms with E-state index in [1.165, 1.54) is 19.1 Å². The molecule has 0 unspecified atom stereocenters. The molecule has 3 saturated carbocycles. The van der Waals surface area contributed by atoms with Crippen LogP contribution in [0.2, 0.25) is 0 Å². The van der Waals surface area contributed by atoms with E-state index in [-0.39, 0.29) is 24.8 Å². The second kappa shape index (κ2) is 8.05. The summed E-state index contributed by atoms with van der Waals surface area (Å²) in [5.74, 6) is -4.77. The van der Waals surface area contributed by atoms with Gasteiger partial charge in [-0.3, -0.25) is 19.2 Å². The highest BCUT2D eigenvalue weighted by Crippen LogP contribution is 2.71. The molecular formula is C26H32F2O7. The highest BCUT2D eigenvalue weighted by molar-refractivity contribution is 6.01. The molecule has 9 atom stereocenters. The van der Waals surface area contributed by atoms with Gasteiger partial charge >= 0.3 is 11.9 Å². The van der Waals surface area contributed by atoms with Crippen molar-refractivity contribution in [3.8, 4) is 0 Å². The van der Waals surface area contributed by atoms with E-state index in [2.05, 4.69) is 0 Å². The second-order valence-corrected chi connectivity index (χ2v) is 11.0. The van der Waals surface area contributed by atoms with Crippen LogP contribution < -0.4 is 0 Å². The fourth-order valence-corrected chi connectivity index (χ4v) is 7.89. The summed E-state index contributed by atoms with van der Waals surface area (Å²) >= 11 is 0. The molecule has 1 N–H and O–H groups in total. The Morgan fingerprint density at radius 1 is 1.14 bits per heavy atom. The van der Waals surface area contributed by atoms with Gasteiger partial charge in [-0.15, -0.1) is 0 Å². The monoisotopic (exact) mass is 494 g/mol. The largest absolute Gasteiger partial charge is 0.458 e. The van der Waals surface area contributed by atoms with Gasteiger partial charge in [-0.1, -0.05) is 19.9 Å². The molecule has 0 aromatic heterocycles. The number of carbonyl (C=O) groups is 4. The molecule has 0 aromatic rings. The molecule has 0 amide bonds. The number of aliphatic hydroxyl groups excluding tert-OH is 1. The SMILES string of the molecule is CC(=O)OCC(=O)[C@]1(OC(C)=O)[C@@H](C)C[C@H]2[C@@H]3C[C@H](F)C4=CC(=O)C=C[C@]4(C)[C@@]3(F)[C@@H](O)C[C@@]21C. The summed E-state index contributed by atoms with van der Waals surface area (Å²) in [5.41, 5.74) is -6.90. The van der Waals surface area contributed by atoms with Gasteiger partial charge in [0.25, 0.3) is 0 Å². The maximum Gasteiger partial charge on any atom is 0.303 e. The highest BCUT2D eigenvalue weighted by Gasteiger charge is 2.78. The van der Waals surface area contributed by atoms with Crippen LogP contribution >= 0.6 is 0 Å². The Kier molecular flexibility index (Phi) is 5.90. The quantitative estimate of drug-likeness (QED) is 0.599. The molecule has 35 heavy (non-hydrogen) atoms. The van der Waals surface area contributed by atoms with E-state index < -0.39 is 82.2 Å². The topological polar surface area (TPSA) is 107 Å². The van der Waals surface area contributed by atoms with Crippen molar-refractivity contribution < 1.29 is 42.5 Å². The van der Waals surface area contributed by atoms with Gasteiger partial charge in [-0.2, -0.15) is 0 Å². The summed E-state index contributed by atoms with van der Waals surface area (Å²) in [4.78, 5) is 49.1. The number of rotatable bonds is 4. The van der Waals surface area contributed by atoms with Gasteiger partial charge in [0.15, 0.2) is 23.7 Å². The van der Waals surface area contributed by atoms with Crippen molar-refractivity contribution in [1.29, 1.82) is 0 Å². The zero-order valence-corrected chi connectivity index (χ0v) is 20.6. The van der Waals surface area contributed by atoms with Gasteiger partial charge in [-0.05, 0) is 49.8 Å². The second-order valence-electron chi connectivity index (χ2n) is 11.0. The highest BCUT2D eigenvalue weighted by atomic mass is 19.1. The number of halogens is 2. The Morgan fingerprint density at radius 2 is 1.80 bits per heavy atom. The van der Waals surface area contributed by atoms with Crippen LogP contribution in [0.5, 0.6) is 0 Å². The summed E-state index contributed by atoms with van der Waals surface area (Å²) in [5, 5.41) is 11.4. The Morgan fingerprint density at radius 3 is 2.40 bits per heavy atom. The first-order chi connectivity index (χ1) is 16.1. The lowest BCUT2D eigenvalue weighted by Crippen LogP contribution is -2.71. The van der Waals surface area contributed by atoms with E-state index in [1.807, 2.05) is 0 Å². The summed E-state index contributed by atoms with van der Waals surface area (Å²) in [6.45, 7) is 6.52. The van der Waals surface area contributed by atoms with Gasteiger partial charge in [0, 0.05) is 36.5 Å². The Hall–Kier alpha value is -2.42. The average molecular weight is 495 g/mol. The number of hydrogen-bond donors (Lipinski definition) is 1. The molecular weight excluding hydrogens is 462 g/mol. The molecule has 3 fully saturated rings. The lowest BCUT2D eigenvalue weighted by molar-refractivity contribution is -0.231. The van der Waals surface area contributed by atoms with Gasteiger partial charge in [0.05, 0.1) is 6.10 Å². The van der Waals surface area contributed by atoms with Gasteiger partial charge in [0.1, 0.15) is 6.17 Å². The fraction of sp³-hybridized carbons (Fsp3) is 0.692. The molecule has 192 valence electrons. The van der Waals surface area contributed by atoms with Crippen LogP contribution in [0.1, 0.15) is 53.9 Å². The molecule has 0 aliphatic heterocycles. The number of hydrogen-bond acceptors (Lipinski definition) is 7. The molecule has 4 aliphatic rings. The molecule has 9 heteroatoms. The zero-order valence-electron chi connectivity index (χ0n) is 20.6. The van der Waals surface area contributed by atoms with Crippen molar-refractivity contribution in [1.82, 2.24) is 0 Å². The normalized spacial score (nSPS) is 46.1. The van der Waals surface area contributed by atoms with Gasteiger partial charge in [0.2, 0.25) is 5.78 Å². The van der Waals surface area contributed by atoms with E-state index in [0.29, 0.717) is 0 Å². The third-order valence-corrected chi connectivity index (χ3v) is 9.29. The predicted molar refractivity (Wildman–Crippen MR) is 119 cm³/mol. The minimum atomic E-state index is -2.31. The minimum absolute atomic E-state index is 0.00892. The summed E-state index contributed by atoms with van der Waals surface area (Å²) in [7, 11) is 0. The first-order valence-corrected chi connectivity index (χ1v) is 12.0. The third kappa shape index (κ3) is 3.22.